The normalized spacial score (nSPS) is 26.2. The van der Waals surface area contributed by atoms with Crippen LogP contribution in [0, 0.1) is 5.92 Å². The Kier molecular flexibility index (Phi) is 4.83. The Hall–Kier alpha value is 0.310. The third kappa shape index (κ3) is 3.39. The molecule has 1 unspecified atom stereocenters. The molecule has 0 saturated heterocycles. The average Bonchev–Trinajstić information content (AvgIpc) is 2.90. The van der Waals surface area contributed by atoms with E-state index in [1.807, 2.05) is 0 Å². The fraction of sp³-hybridized carbons (Fsp3) is 1.00. The van der Waals surface area contributed by atoms with Gasteiger partial charge in [-0.2, -0.15) is 11.8 Å². The molecular weight excluding hydrogens is 202 g/mol. The first-order valence-electron chi connectivity index (χ1n) is 6.69. The molecular formula is C13H25NS. The van der Waals surface area contributed by atoms with Crippen LogP contribution in [0.15, 0.2) is 0 Å². The molecule has 0 heterocycles. The Morgan fingerprint density at radius 2 is 1.67 bits per heavy atom. The fourth-order valence-corrected chi connectivity index (χ4v) is 4.69. The lowest BCUT2D eigenvalue weighted by atomic mass is 10.0. The summed E-state index contributed by atoms with van der Waals surface area (Å²) < 4.78 is 0. The minimum absolute atomic E-state index is 0.790. The average molecular weight is 227 g/mol. The molecule has 0 spiro atoms. The summed E-state index contributed by atoms with van der Waals surface area (Å²) in [6.45, 7) is 0. The van der Waals surface area contributed by atoms with Gasteiger partial charge in [0.2, 0.25) is 0 Å². The third-order valence-electron chi connectivity index (χ3n) is 4.15. The second kappa shape index (κ2) is 6.15. The Morgan fingerprint density at radius 3 is 2.27 bits per heavy atom. The number of nitrogens with one attached hydrogen (secondary N) is 1. The van der Waals surface area contributed by atoms with Gasteiger partial charge in [-0.1, -0.05) is 25.7 Å². The number of thioether (sulfide) groups is 1. The molecule has 1 atom stereocenters. The lowest BCUT2D eigenvalue weighted by Crippen LogP contribution is -2.35. The predicted molar refractivity (Wildman–Crippen MR) is 69.5 cm³/mol. The van der Waals surface area contributed by atoms with Crippen LogP contribution in [-0.2, 0) is 0 Å². The first-order valence-corrected chi connectivity index (χ1v) is 7.74. The van der Waals surface area contributed by atoms with Gasteiger partial charge in [0.05, 0.1) is 0 Å². The van der Waals surface area contributed by atoms with E-state index in [2.05, 4.69) is 24.1 Å². The van der Waals surface area contributed by atoms with Crippen LogP contribution in [0.5, 0.6) is 0 Å². The lowest BCUT2D eigenvalue weighted by Gasteiger charge is -2.23. The van der Waals surface area contributed by atoms with Gasteiger partial charge in [0.1, 0.15) is 0 Å². The van der Waals surface area contributed by atoms with Crippen molar-refractivity contribution < 1.29 is 0 Å². The second-order valence-electron chi connectivity index (χ2n) is 5.18. The van der Waals surface area contributed by atoms with E-state index >= 15 is 0 Å². The van der Waals surface area contributed by atoms with Crippen LogP contribution < -0.4 is 5.32 Å². The van der Waals surface area contributed by atoms with Crippen molar-refractivity contribution in [1.82, 2.24) is 5.32 Å². The molecule has 0 aromatic rings. The smallest absolute Gasteiger partial charge is 0.0183 e. The molecule has 2 aliphatic rings. The molecule has 2 saturated carbocycles. The van der Waals surface area contributed by atoms with Crippen LogP contribution in [0.25, 0.3) is 0 Å². The summed E-state index contributed by atoms with van der Waals surface area (Å²) in [5.74, 6) is 2.33. The van der Waals surface area contributed by atoms with Crippen molar-refractivity contribution in [3.8, 4) is 0 Å². The summed E-state index contributed by atoms with van der Waals surface area (Å²) in [4.78, 5) is 0. The van der Waals surface area contributed by atoms with Gasteiger partial charge in [0.25, 0.3) is 0 Å². The topological polar surface area (TPSA) is 12.0 Å². The van der Waals surface area contributed by atoms with Gasteiger partial charge >= 0.3 is 0 Å². The third-order valence-corrected chi connectivity index (χ3v) is 5.65. The molecule has 2 heteroatoms. The van der Waals surface area contributed by atoms with Crippen molar-refractivity contribution >= 4 is 11.8 Å². The maximum Gasteiger partial charge on any atom is 0.0183 e. The maximum atomic E-state index is 3.55. The minimum atomic E-state index is 0.790. The van der Waals surface area contributed by atoms with Gasteiger partial charge in [0, 0.05) is 17.0 Å². The second-order valence-corrected chi connectivity index (χ2v) is 6.51. The first kappa shape index (κ1) is 11.8. The number of hydrogen-bond donors (Lipinski definition) is 1. The van der Waals surface area contributed by atoms with Gasteiger partial charge < -0.3 is 5.32 Å². The van der Waals surface area contributed by atoms with Gasteiger partial charge in [-0.15, -0.1) is 0 Å². The van der Waals surface area contributed by atoms with Crippen LogP contribution in [0.2, 0.25) is 0 Å². The molecule has 2 rings (SSSR count). The van der Waals surface area contributed by atoms with E-state index in [4.69, 9.17) is 0 Å². The fourth-order valence-electron chi connectivity index (χ4n) is 3.11. The van der Waals surface area contributed by atoms with Gasteiger partial charge in [-0.05, 0) is 38.6 Å². The standard InChI is InChI=1S/C13H25NS/c1-14-13(11-6-2-3-7-11)10-15-12-8-4-5-9-12/h11-14H,2-10H2,1H3. The molecule has 0 bridgehead atoms. The van der Waals surface area contributed by atoms with Crippen LogP contribution in [0.1, 0.15) is 51.4 Å². The van der Waals surface area contributed by atoms with Gasteiger partial charge in [-0.3, -0.25) is 0 Å². The van der Waals surface area contributed by atoms with E-state index in [9.17, 15) is 0 Å². The first-order chi connectivity index (χ1) is 7.40. The quantitative estimate of drug-likeness (QED) is 0.772. The molecule has 2 aliphatic carbocycles. The number of rotatable bonds is 5. The molecule has 88 valence electrons. The molecule has 15 heavy (non-hydrogen) atoms. The Bertz CT molecular complexity index is 171. The van der Waals surface area contributed by atoms with Crippen LogP contribution >= 0.6 is 11.8 Å². The molecule has 1 nitrogen and oxygen atoms in total. The van der Waals surface area contributed by atoms with Crippen molar-refractivity contribution in [1.29, 1.82) is 0 Å². The summed E-state index contributed by atoms with van der Waals surface area (Å²) >= 11 is 2.24. The van der Waals surface area contributed by atoms with Crippen LogP contribution in [0.3, 0.4) is 0 Å². The molecule has 0 amide bonds. The predicted octanol–water partition coefficient (Wildman–Crippen LogP) is 3.44. The van der Waals surface area contributed by atoms with Crippen molar-refractivity contribution in [2.45, 2.75) is 62.7 Å². The molecule has 1 N–H and O–H groups in total. The van der Waals surface area contributed by atoms with Crippen LogP contribution in [-0.4, -0.2) is 24.1 Å². The summed E-state index contributed by atoms with van der Waals surface area (Å²) in [5.41, 5.74) is 0. The number of hydrogen-bond acceptors (Lipinski definition) is 2. The maximum absolute atomic E-state index is 3.55. The van der Waals surface area contributed by atoms with E-state index in [0.717, 1.165) is 17.2 Å². The zero-order valence-corrected chi connectivity index (χ0v) is 10.8. The Labute approximate surface area is 98.8 Å². The van der Waals surface area contributed by atoms with E-state index in [0.29, 0.717) is 0 Å². The highest BCUT2D eigenvalue weighted by Crippen LogP contribution is 2.33. The molecule has 0 aromatic carbocycles. The van der Waals surface area contributed by atoms with Gasteiger partial charge in [-0.25, -0.2) is 0 Å². The zero-order chi connectivity index (χ0) is 10.5. The Morgan fingerprint density at radius 1 is 1.07 bits per heavy atom. The van der Waals surface area contributed by atoms with E-state index < -0.39 is 0 Å². The van der Waals surface area contributed by atoms with Crippen molar-refractivity contribution in [2.24, 2.45) is 5.92 Å². The largest absolute Gasteiger partial charge is 0.316 e. The summed E-state index contributed by atoms with van der Waals surface area (Å²) in [5, 5.41) is 4.54. The molecule has 0 aromatic heterocycles. The molecule has 0 radical (unpaired) electrons. The SMILES string of the molecule is CNC(CSC1CCCC1)C1CCCC1. The zero-order valence-electron chi connectivity index (χ0n) is 10.0. The summed E-state index contributed by atoms with van der Waals surface area (Å²) in [6.07, 6.45) is 11.8. The molecule has 2 fully saturated rings. The minimum Gasteiger partial charge on any atom is -0.316 e. The highest BCUT2D eigenvalue weighted by Gasteiger charge is 2.25. The van der Waals surface area contributed by atoms with Crippen molar-refractivity contribution in [3.05, 3.63) is 0 Å². The Balaban J connectivity index is 1.69. The summed E-state index contributed by atoms with van der Waals surface area (Å²) in [6, 6.07) is 0.790. The van der Waals surface area contributed by atoms with Crippen molar-refractivity contribution in [2.75, 3.05) is 12.8 Å². The monoisotopic (exact) mass is 227 g/mol. The van der Waals surface area contributed by atoms with E-state index in [1.165, 1.54) is 57.1 Å². The van der Waals surface area contributed by atoms with Crippen LogP contribution in [0.4, 0.5) is 0 Å². The highest BCUT2D eigenvalue weighted by atomic mass is 32.2. The van der Waals surface area contributed by atoms with E-state index in [1.54, 1.807) is 0 Å². The lowest BCUT2D eigenvalue weighted by molar-refractivity contribution is 0.410. The summed E-state index contributed by atoms with van der Waals surface area (Å²) in [7, 11) is 2.15. The highest BCUT2D eigenvalue weighted by molar-refractivity contribution is 7.99. The van der Waals surface area contributed by atoms with Gasteiger partial charge in [0.15, 0.2) is 0 Å². The van der Waals surface area contributed by atoms with E-state index in [-0.39, 0.29) is 0 Å². The molecule has 0 aliphatic heterocycles. The van der Waals surface area contributed by atoms with Crippen molar-refractivity contribution in [3.63, 3.8) is 0 Å².